The molecule has 1 amide bonds. The van der Waals surface area contributed by atoms with E-state index in [1.165, 1.54) is 12.0 Å². The van der Waals surface area contributed by atoms with Crippen molar-refractivity contribution >= 4 is 16.8 Å². The number of aromatic nitrogens is 1. The topological polar surface area (TPSA) is 45.2 Å². The van der Waals surface area contributed by atoms with Gasteiger partial charge in [0.15, 0.2) is 0 Å². The number of benzene rings is 1. The number of para-hydroxylation sites is 1. The summed E-state index contributed by atoms with van der Waals surface area (Å²) >= 11 is 0. The lowest BCUT2D eigenvalue weighted by Crippen LogP contribution is -2.57. The van der Waals surface area contributed by atoms with Gasteiger partial charge in [0.1, 0.15) is 0 Å². The number of piperidine rings is 3. The van der Waals surface area contributed by atoms with Crippen LogP contribution in [-0.2, 0) is 4.79 Å². The van der Waals surface area contributed by atoms with E-state index in [2.05, 4.69) is 52.1 Å². The maximum Gasteiger partial charge on any atom is 0.227 e. The maximum absolute atomic E-state index is 13.2. The van der Waals surface area contributed by atoms with E-state index in [1.54, 1.807) is 0 Å². The van der Waals surface area contributed by atoms with Crippen molar-refractivity contribution in [1.82, 2.24) is 15.2 Å². The minimum Gasteiger partial charge on any atom is -0.347 e. The second kappa shape index (κ2) is 8.19. The number of nitrogens with one attached hydrogen (secondary N) is 1. The predicted octanol–water partition coefficient (Wildman–Crippen LogP) is 4.42. The number of carbonyl (C=O) groups is 1. The van der Waals surface area contributed by atoms with Crippen molar-refractivity contribution in [3.8, 4) is 0 Å². The summed E-state index contributed by atoms with van der Waals surface area (Å²) in [6, 6.07) is 10.6. The minimum absolute atomic E-state index is 0.0433. The Balaban J connectivity index is 1.51. The summed E-state index contributed by atoms with van der Waals surface area (Å²) in [6.07, 6.45) is 15.2. The molecule has 154 valence electrons. The molecule has 0 saturated carbocycles. The zero-order chi connectivity index (χ0) is 20.5. The van der Waals surface area contributed by atoms with Crippen LogP contribution in [0.5, 0.6) is 0 Å². The molecule has 30 heavy (non-hydrogen) atoms. The SMILES string of the molecule is C=C[C@H]1CN2CC[C@H]1C[C@@H]2[C@@H](NC(=O)C1C=CC=CC1)c1ccnc2ccccc12. The van der Waals surface area contributed by atoms with Crippen LogP contribution in [0.1, 0.15) is 30.9 Å². The second-order valence-electron chi connectivity index (χ2n) is 8.81. The van der Waals surface area contributed by atoms with Crippen molar-refractivity contribution in [2.24, 2.45) is 17.8 Å². The standard InChI is InChI=1S/C26H29N3O/c1-2-18-17-29-15-13-20(18)16-24(29)25(28-26(30)19-8-4-3-5-9-19)22-12-14-27-23-11-7-6-10-21(22)23/h2-8,10-12,14,18-20,24-25H,1,9,13,15-17H2,(H,28,30)/t18-,19?,20-,24+,25-/m0/s1. The first kappa shape index (κ1) is 19.3. The summed E-state index contributed by atoms with van der Waals surface area (Å²) in [5, 5.41) is 4.60. The van der Waals surface area contributed by atoms with Gasteiger partial charge in [-0.1, -0.05) is 48.6 Å². The molecule has 6 rings (SSSR count). The Morgan fingerprint density at radius 1 is 1.27 bits per heavy atom. The third-order valence-electron chi connectivity index (χ3n) is 7.17. The third kappa shape index (κ3) is 3.50. The Morgan fingerprint density at radius 2 is 2.17 bits per heavy atom. The fourth-order valence-corrected chi connectivity index (χ4v) is 5.53. The summed E-state index contributed by atoms with van der Waals surface area (Å²) in [6.45, 7) is 6.20. The second-order valence-corrected chi connectivity index (χ2v) is 8.81. The first-order valence-electron chi connectivity index (χ1n) is 11.1. The van der Waals surface area contributed by atoms with E-state index in [4.69, 9.17) is 0 Å². The lowest BCUT2D eigenvalue weighted by Gasteiger charge is -2.51. The summed E-state index contributed by atoms with van der Waals surface area (Å²) in [7, 11) is 0. The molecule has 2 unspecified atom stereocenters. The molecule has 1 aromatic carbocycles. The molecule has 2 aromatic rings. The van der Waals surface area contributed by atoms with Gasteiger partial charge in [-0.05, 0) is 55.3 Å². The van der Waals surface area contributed by atoms with E-state index in [0.29, 0.717) is 17.9 Å². The van der Waals surface area contributed by atoms with Gasteiger partial charge in [0.25, 0.3) is 0 Å². The van der Waals surface area contributed by atoms with E-state index in [1.807, 2.05) is 36.6 Å². The van der Waals surface area contributed by atoms with Crippen LogP contribution in [0, 0.1) is 17.8 Å². The van der Waals surface area contributed by atoms with Crippen molar-refractivity contribution in [2.75, 3.05) is 13.1 Å². The number of hydrogen-bond acceptors (Lipinski definition) is 3. The summed E-state index contributed by atoms with van der Waals surface area (Å²) in [5.41, 5.74) is 2.16. The maximum atomic E-state index is 13.2. The van der Waals surface area contributed by atoms with Crippen molar-refractivity contribution in [3.05, 3.63) is 79.1 Å². The number of amides is 1. The van der Waals surface area contributed by atoms with Gasteiger partial charge < -0.3 is 5.32 Å². The number of fused-ring (bicyclic) bond motifs is 4. The number of pyridine rings is 1. The van der Waals surface area contributed by atoms with Gasteiger partial charge >= 0.3 is 0 Å². The number of carbonyl (C=O) groups excluding carboxylic acids is 1. The fourth-order valence-electron chi connectivity index (χ4n) is 5.53. The largest absolute Gasteiger partial charge is 0.347 e. The minimum atomic E-state index is -0.0951. The number of nitrogens with zero attached hydrogens (tertiary/aromatic N) is 2. The van der Waals surface area contributed by atoms with E-state index >= 15 is 0 Å². The molecule has 1 N–H and O–H groups in total. The Kier molecular flexibility index (Phi) is 5.26. The van der Waals surface area contributed by atoms with Crippen LogP contribution >= 0.6 is 0 Å². The average molecular weight is 400 g/mol. The molecule has 0 radical (unpaired) electrons. The normalized spacial score (nSPS) is 30.9. The summed E-state index contributed by atoms with van der Waals surface area (Å²) in [4.78, 5) is 20.4. The molecule has 6 atom stereocenters. The monoisotopic (exact) mass is 399 g/mol. The van der Waals surface area contributed by atoms with Crippen LogP contribution in [0.4, 0.5) is 0 Å². The molecule has 1 aromatic heterocycles. The van der Waals surface area contributed by atoms with Gasteiger partial charge in [0, 0.05) is 24.2 Å². The molecule has 2 bridgehead atoms. The third-order valence-corrected chi connectivity index (χ3v) is 7.17. The van der Waals surface area contributed by atoms with Crippen molar-refractivity contribution < 1.29 is 4.79 Å². The van der Waals surface area contributed by atoms with Crippen LogP contribution in [0.2, 0.25) is 0 Å². The quantitative estimate of drug-likeness (QED) is 0.757. The highest BCUT2D eigenvalue weighted by Gasteiger charge is 2.43. The molecule has 0 spiro atoms. The van der Waals surface area contributed by atoms with E-state index < -0.39 is 0 Å². The van der Waals surface area contributed by atoms with Crippen LogP contribution in [0.15, 0.2) is 73.5 Å². The lowest BCUT2D eigenvalue weighted by molar-refractivity contribution is -0.125. The molecular formula is C26H29N3O. The van der Waals surface area contributed by atoms with Crippen molar-refractivity contribution in [1.29, 1.82) is 0 Å². The Morgan fingerprint density at radius 3 is 2.93 bits per heavy atom. The first-order chi connectivity index (χ1) is 14.7. The fraction of sp³-hybridized carbons (Fsp3) is 0.385. The molecular weight excluding hydrogens is 370 g/mol. The number of allylic oxidation sites excluding steroid dienone is 3. The van der Waals surface area contributed by atoms with Crippen molar-refractivity contribution in [2.45, 2.75) is 31.3 Å². The molecule has 3 aliphatic heterocycles. The molecule has 1 aliphatic carbocycles. The highest BCUT2D eigenvalue weighted by Crippen LogP contribution is 2.42. The zero-order valence-electron chi connectivity index (χ0n) is 17.3. The Hall–Kier alpha value is -2.72. The predicted molar refractivity (Wildman–Crippen MR) is 121 cm³/mol. The van der Waals surface area contributed by atoms with E-state index in [9.17, 15) is 4.79 Å². The first-order valence-corrected chi connectivity index (χ1v) is 11.1. The zero-order valence-corrected chi connectivity index (χ0v) is 17.3. The highest BCUT2D eigenvalue weighted by molar-refractivity contribution is 5.85. The molecule has 3 saturated heterocycles. The lowest BCUT2D eigenvalue weighted by atomic mass is 9.73. The number of hydrogen-bond donors (Lipinski definition) is 1. The molecule has 4 aliphatic rings. The average Bonchev–Trinajstić information content (AvgIpc) is 2.83. The summed E-state index contributed by atoms with van der Waals surface area (Å²) in [5.74, 6) is 1.24. The molecule has 4 heterocycles. The Labute approximate surface area is 178 Å². The summed E-state index contributed by atoms with van der Waals surface area (Å²) < 4.78 is 0. The van der Waals surface area contributed by atoms with E-state index in [-0.39, 0.29) is 17.9 Å². The number of rotatable bonds is 5. The highest BCUT2D eigenvalue weighted by atomic mass is 16.1. The van der Waals surface area contributed by atoms with Crippen LogP contribution in [0.25, 0.3) is 10.9 Å². The smallest absolute Gasteiger partial charge is 0.227 e. The van der Waals surface area contributed by atoms with E-state index in [0.717, 1.165) is 36.8 Å². The van der Waals surface area contributed by atoms with Gasteiger partial charge in [-0.25, -0.2) is 0 Å². The van der Waals surface area contributed by atoms with Gasteiger partial charge in [-0.2, -0.15) is 0 Å². The molecule has 3 fully saturated rings. The van der Waals surface area contributed by atoms with Crippen LogP contribution < -0.4 is 5.32 Å². The molecule has 4 heteroatoms. The van der Waals surface area contributed by atoms with Crippen LogP contribution in [0.3, 0.4) is 0 Å². The van der Waals surface area contributed by atoms with Gasteiger partial charge in [0.05, 0.1) is 17.5 Å². The van der Waals surface area contributed by atoms with Gasteiger partial charge in [0.2, 0.25) is 5.91 Å². The van der Waals surface area contributed by atoms with Gasteiger partial charge in [-0.3, -0.25) is 14.7 Å². The molecule has 4 nitrogen and oxygen atoms in total. The van der Waals surface area contributed by atoms with Gasteiger partial charge in [-0.15, -0.1) is 6.58 Å². The van der Waals surface area contributed by atoms with Crippen molar-refractivity contribution in [3.63, 3.8) is 0 Å². The van der Waals surface area contributed by atoms with Crippen LogP contribution in [-0.4, -0.2) is 34.9 Å². The Bertz CT molecular complexity index is 1010.